The Morgan fingerprint density at radius 1 is 1.54 bits per heavy atom. The van der Waals surface area contributed by atoms with Crippen LogP contribution in [0.3, 0.4) is 0 Å². The molecule has 0 saturated carbocycles. The summed E-state index contributed by atoms with van der Waals surface area (Å²) in [6.45, 7) is 6.26. The first-order valence-corrected chi connectivity index (χ1v) is 6.21. The van der Waals surface area contributed by atoms with Gasteiger partial charge in [-0.2, -0.15) is 11.8 Å². The SMILES string of the molecule is CCNC(=S)NCC1(C)CCCS1. The highest BCUT2D eigenvalue weighted by atomic mass is 32.2. The summed E-state index contributed by atoms with van der Waals surface area (Å²) in [5.41, 5.74) is 0. The van der Waals surface area contributed by atoms with Crippen molar-refractivity contribution < 1.29 is 0 Å². The molecule has 2 nitrogen and oxygen atoms in total. The maximum atomic E-state index is 5.11. The van der Waals surface area contributed by atoms with Crippen LogP contribution in [-0.4, -0.2) is 28.7 Å². The molecular formula is C9H18N2S2. The van der Waals surface area contributed by atoms with E-state index in [0.717, 1.165) is 18.2 Å². The number of nitrogens with one attached hydrogen (secondary N) is 2. The van der Waals surface area contributed by atoms with Crippen LogP contribution in [0.15, 0.2) is 0 Å². The second kappa shape index (κ2) is 5.05. The Morgan fingerprint density at radius 3 is 2.85 bits per heavy atom. The summed E-state index contributed by atoms with van der Waals surface area (Å²) in [5.74, 6) is 1.30. The summed E-state index contributed by atoms with van der Waals surface area (Å²) in [7, 11) is 0. The summed E-state index contributed by atoms with van der Waals surface area (Å²) >= 11 is 7.16. The Hall–Kier alpha value is 0.0400. The van der Waals surface area contributed by atoms with E-state index in [2.05, 4.69) is 36.2 Å². The molecule has 0 spiro atoms. The van der Waals surface area contributed by atoms with Crippen LogP contribution < -0.4 is 10.6 Å². The number of thioether (sulfide) groups is 1. The van der Waals surface area contributed by atoms with Crippen molar-refractivity contribution in [2.24, 2.45) is 0 Å². The highest BCUT2D eigenvalue weighted by Crippen LogP contribution is 2.36. The molecule has 0 aliphatic carbocycles. The largest absolute Gasteiger partial charge is 0.363 e. The van der Waals surface area contributed by atoms with E-state index >= 15 is 0 Å². The Morgan fingerprint density at radius 2 is 2.31 bits per heavy atom. The molecule has 76 valence electrons. The molecule has 2 N–H and O–H groups in total. The highest BCUT2D eigenvalue weighted by molar-refractivity contribution is 8.00. The van der Waals surface area contributed by atoms with Crippen molar-refractivity contribution in [3.63, 3.8) is 0 Å². The minimum Gasteiger partial charge on any atom is -0.363 e. The highest BCUT2D eigenvalue weighted by Gasteiger charge is 2.29. The van der Waals surface area contributed by atoms with Gasteiger partial charge in [0.05, 0.1) is 0 Å². The normalized spacial score (nSPS) is 27.2. The lowest BCUT2D eigenvalue weighted by Crippen LogP contribution is -2.42. The first kappa shape index (κ1) is 11.1. The molecule has 0 amide bonds. The molecule has 13 heavy (non-hydrogen) atoms. The van der Waals surface area contributed by atoms with Crippen molar-refractivity contribution in [3.05, 3.63) is 0 Å². The fraction of sp³-hybridized carbons (Fsp3) is 0.889. The molecule has 1 rings (SSSR count). The van der Waals surface area contributed by atoms with Crippen LogP contribution in [0.1, 0.15) is 26.7 Å². The standard InChI is InChI=1S/C9H18N2S2/c1-3-10-8(12)11-7-9(2)5-4-6-13-9/h3-7H2,1-2H3,(H2,10,11,12). The summed E-state index contributed by atoms with van der Waals surface area (Å²) in [5, 5.41) is 7.15. The van der Waals surface area contributed by atoms with Crippen molar-refractivity contribution in [2.45, 2.75) is 31.4 Å². The molecule has 1 fully saturated rings. The number of hydrogen-bond donors (Lipinski definition) is 2. The van der Waals surface area contributed by atoms with Gasteiger partial charge in [-0.15, -0.1) is 0 Å². The maximum absolute atomic E-state index is 5.11. The quantitative estimate of drug-likeness (QED) is 0.705. The zero-order chi connectivity index (χ0) is 9.73. The third-order valence-corrected chi connectivity index (χ3v) is 4.09. The zero-order valence-electron chi connectivity index (χ0n) is 8.35. The molecule has 1 saturated heterocycles. The Kier molecular flexibility index (Phi) is 4.32. The fourth-order valence-corrected chi connectivity index (χ4v) is 2.93. The van der Waals surface area contributed by atoms with Crippen LogP contribution in [0.4, 0.5) is 0 Å². The van der Waals surface area contributed by atoms with Gasteiger partial charge in [-0.1, -0.05) is 0 Å². The number of rotatable bonds is 3. The minimum atomic E-state index is 0.402. The van der Waals surface area contributed by atoms with Gasteiger partial charge in [-0.3, -0.25) is 0 Å². The summed E-state index contributed by atoms with van der Waals surface area (Å²) < 4.78 is 0.402. The molecule has 1 unspecified atom stereocenters. The van der Waals surface area contributed by atoms with Crippen LogP contribution in [0.25, 0.3) is 0 Å². The fourth-order valence-electron chi connectivity index (χ4n) is 1.47. The maximum Gasteiger partial charge on any atom is 0.166 e. The molecule has 0 aromatic heterocycles. The van der Waals surface area contributed by atoms with E-state index in [-0.39, 0.29) is 0 Å². The second-order valence-corrected chi connectivity index (χ2v) is 5.71. The van der Waals surface area contributed by atoms with Crippen molar-refractivity contribution in [1.29, 1.82) is 0 Å². The van der Waals surface area contributed by atoms with E-state index in [1.54, 1.807) is 0 Å². The summed E-state index contributed by atoms with van der Waals surface area (Å²) in [6, 6.07) is 0. The Bertz CT molecular complexity index is 176. The van der Waals surface area contributed by atoms with Crippen LogP contribution in [-0.2, 0) is 0 Å². The zero-order valence-corrected chi connectivity index (χ0v) is 9.99. The molecule has 1 aliphatic heterocycles. The van der Waals surface area contributed by atoms with Gasteiger partial charge in [0, 0.05) is 17.8 Å². The molecule has 1 aliphatic rings. The van der Waals surface area contributed by atoms with Gasteiger partial charge >= 0.3 is 0 Å². The smallest absolute Gasteiger partial charge is 0.166 e. The first-order chi connectivity index (χ1) is 6.16. The van der Waals surface area contributed by atoms with Gasteiger partial charge in [0.2, 0.25) is 0 Å². The van der Waals surface area contributed by atoms with E-state index in [4.69, 9.17) is 12.2 Å². The molecular weight excluding hydrogens is 200 g/mol. The number of thiocarbonyl (C=S) groups is 1. The third-order valence-electron chi connectivity index (χ3n) is 2.26. The molecule has 0 bridgehead atoms. The van der Waals surface area contributed by atoms with E-state index in [0.29, 0.717) is 4.75 Å². The lowest BCUT2D eigenvalue weighted by Gasteiger charge is -2.23. The van der Waals surface area contributed by atoms with Crippen molar-refractivity contribution >= 4 is 29.1 Å². The lowest BCUT2D eigenvalue weighted by atomic mass is 10.1. The predicted octanol–water partition coefficient (Wildman–Crippen LogP) is 1.76. The van der Waals surface area contributed by atoms with Crippen LogP contribution >= 0.6 is 24.0 Å². The van der Waals surface area contributed by atoms with E-state index in [1.807, 2.05) is 0 Å². The predicted molar refractivity (Wildman–Crippen MR) is 64.4 cm³/mol. The molecule has 0 radical (unpaired) electrons. The average Bonchev–Trinajstić information content (AvgIpc) is 2.51. The molecule has 4 heteroatoms. The van der Waals surface area contributed by atoms with Gasteiger partial charge in [0.15, 0.2) is 5.11 Å². The molecule has 0 aromatic carbocycles. The van der Waals surface area contributed by atoms with Crippen LogP contribution in [0, 0.1) is 0 Å². The van der Waals surface area contributed by atoms with Gasteiger partial charge in [0.1, 0.15) is 0 Å². The van der Waals surface area contributed by atoms with E-state index < -0.39 is 0 Å². The van der Waals surface area contributed by atoms with Crippen molar-refractivity contribution in [3.8, 4) is 0 Å². The van der Waals surface area contributed by atoms with Crippen LogP contribution in [0.5, 0.6) is 0 Å². The first-order valence-electron chi connectivity index (χ1n) is 4.82. The van der Waals surface area contributed by atoms with Crippen molar-refractivity contribution in [1.82, 2.24) is 10.6 Å². The topological polar surface area (TPSA) is 24.1 Å². The minimum absolute atomic E-state index is 0.402. The van der Waals surface area contributed by atoms with Crippen LogP contribution in [0.2, 0.25) is 0 Å². The Balaban J connectivity index is 2.21. The van der Waals surface area contributed by atoms with Gasteiger partial charge in [-0.25, -0.2) is 0 Å². The Labute approximate surface area is 90.2 Å². The summed E-state index contributed by atoms with van der Waals surface area (Å²) in [4.78, 5) is 0. The van der Waals surface area contributed by atoms with Gasteiger partial charge in [-0.05, 0) is 44.7 Å². The molecule has 1 heterocycles. The van der Waals surface area contributed by atoms with Gasteiger partial charge in [0.25, 0.3) is 0 Å². The molecule has 0 aromatic rings. The van der Waals surface area contributed by atoms with E-state index in [1.165, 1.54) is 18.6 Å². The second-order valence-electron chi connectivity index (χ2n) is 3.61. The lowest BCUT2D eigenvalue weighted by molar-refractivity contribution is 0.588. The molecule has 1 atom stereocenters. The van der Waals surface area contributed by atoms with Gasteiger partial charge < -0.3 is 10.6 Å². The average molecular weight is 218 g/mol. The monoisotopic (exact) mass is 218 g/mol. The number of hydrogen-bond acceptors (Lipinski definition) is 2. The van der Waals surface area contributed by atoms with E-state index in [9.17, 15) is 0 Å². The summed E-state index contributed by atoms with van der Waals surface area (Å²) in [6.07, 6.45) is 2.65. The third kappa shape index (κ3) is 3.73. The van der Waals surface area contributed by atoms with Crippen molar-refractivity contribution in [2.75, 3.05) is 18.8 Å².